The third kappa shape index (κ3) is 2.43. The summed E-state index contributed by atoms with van der Waals surface area (Å²) in [5, 5.41) is 16.3. The zero-order valence-electron chi connectivity index (χ0n) is 21.2. The van der Waals surface area contributed by atoms with Crippen molar-refractivity contribution in [2.45, 2.75) is 45.4 Å². The van der Waals surface area contributed by atoms with E-state index in [1.165, 1.54) is 49.7 Å². The van der Waals surface area contributed by atoms with Gasteiger partial charge in [0, 0.05) is 16.9 Å². The Morgan fingerprint density at radius 2 is 1.06 bits per heavy atom. The minimum Gasteiger partial charge on any atom is -0.258 e. The van der Waals surface area contributed by atoms with E-state index in [4.69, 9.17) is 0 Å². The van der Waals surface area contributed by atoms with E-state index in [2.05, 4.69) is 77.1 Å². The highest BCUT2D eigenvalue weighted by Crippen LogP contribution is 2.59. The zero-order chi connectivity index (χ0) is 25.1. The van der Waals surface area contributed by atoms with E-state index in [0.717, 1.165) is 16.5 Å². The molecule has 0 aromatic heterocycles. The van der Waals surface area contributed by atoms with Gasteiger partial charge in [-0.2, -0.15) is 0 Å². The molecule has 7 rings (SSSR count). The Hall–Kier alpha value is -3.98. The largest absolute Gasteiger partial charge is 0.277 e. The van der Waals surface area contributed by atoms with Crippen molar-refractivity contribution in [1.29, 1.82) is 0 Å². The Kier molecular flexibility index (Phi) is 3.92. The lowest BCUT2D eigenvalue weighted by atomic mass is 9.79. The molecule has 2 aliphatic carbocycles. The van der Waals surface area contributed by atoms with Crippen molar-refractivity contribution in [2.24, 2.45) is 0 Å². The number of benzene rings is 5. The molecule has 5 aromatic rings. The molecule has 0 saturated carbocycles. The smallest absolute Gasteiger partial charge is 0.258 e. The molecule has 0 unspecified atom stereocenters. The highest BCUT2D eigenvalue weighted by Gasteiger charge is 2.43. The average molecular weight is 470 g/mol. The normalized spacial score (nSPS) is 16.0. The molecule has 0 spiro atoms. The summed E-state index contributed by atoms with van der Waals surface area (Å²) in [4.78, 5) is 11.8. The predicted molar refractivity (Wildman–Crippen MR) is 148 cm³/mol. The molecule has 2 aliphatic rings. The van der Waals surface area contributed by atoms with Gasteiger partial charge in [-0.05, 0) is 91.4 Å². The number of fused-ring (bicyclic) bond motifs is 10. The fraction of sp³-hybridized carbons (Fsp3) is 0.212. The lowest BCUT2D eigenvalue weighted by Gasteiger charge is -2.24. The van der Waals surface area contributed by atoms with Crippen LogP contribution in [0.25, 0.3) is 43.8 Å². The SMILES string of the molecule is Cc1cc2c(c3ccccc13)-c1cc3c(cc1C2(C)C)-c1c(cc([N+](=O)[O-])c2ccccc12)C3(C)C. The Morgan fingerprint density at radius 3 is 1.58 bits per heavy atom. The van der Waals surface area contributed by atoms with E-state index in [9.17, 15) is 10.1 Å². The first-order valence-electron chi connectivity index (χ1n) is 12.6. The highest BCUT2D eigenvalue weighted by molar-refractivity contribution is 6.09. The molecule has 0 amide bonds. The summed E-state index contributed by atoms with van der Waals surface area (Å²) >= 11 is 0. The zero-order valence-corrected chi connectivity index (χ0v) is 21.2. The van der Waals surface area contributed by atoms with Gasteiger partial charge in [0.15, 0.2) is 0 Å². The van der Waals surface area contributed by atoms with Crippen molar-refractivity contribution < 1.29 is 4.92 Å². The molecule has 0 atom stereocenters. The van der Waals surface area contributed by atoms with E-state index in [-0.39, 0.29) is 21.4 Å². The van der Waals surface area contributed by atoms with Crippen molar-refractivity contribution >= 4 is 27.2 Å². The van der Waals surface area contributed by atoms with E-state index >= 15 is 0 Å². The van der Waals surface area contributed by atoms with Gasteiger partial charge in [-0.1, -0.05) is 76.2 Å². The summed E-state index contributed by atoms with van der Waals surface area (Å²) in [5.41, 5.74) is 11.0. The monoisotopic (exact) mass is 469 g/mol. The van der Waals surface area contributed by atoms with Crippen LogP contribution < -0.4 is 0 Å². The van der Waals surface area contributed by atoms with Gasteiger partial charge in [0.1, 0.15) is 0 Å². The average Bonchev–Trinajstić information content (AvgIpc) is 3.22. The lowest BCUT2D eigenvalue weighted by Crippen LogP contribution is -2.17. The summed E-state index contributed by atoms with van der Waals surface area (Å²) in [5.74, 6) is 0. The molecule has 0 bridgehead atoms. The molecular formula is C33H27NO2. The third-order valence-electron chi connectivity index (χ3n) is 8.86. The highest BCUT2D eigenvalue weighted by atomic mass is 16.6. The topological polar surface area (TPSA) is 43.1 Å². The third-order valence-corrected chi connectivity index (χ3v) is 8.86. The minimum atomic E-state index is -0.345. The van der Waals surface area contributed by atoms with Gasteiger partial charge >= 0.3 is 0 Å². The number of non-ortho nitro benzene ring substituents is 1. The van der Waals surface area contributed by atoms with Crippen LogP contribution in [0, 0.1) is 17.0 Å². The maximum absolute atomic E-state index is 12.0. The molecule has 176 valence electrons. The van der Waals surface area contributed by atoms with Crippen LogP contribution in [-0.4, -0.2) is 4.92 Å². The van der Waals surface area contributed by atoms with E-state index in [0.29, 0.717) is 5.39 Å². The molecule has 0 heterocycles. The van der Waals surface area contributed by atoms with E-state index in [1.54, 1.807) is 0 Å². The maximum atomic E-state index is 12.0. The fourth-order valence-corrected chi connectivity index (χ4v) is 6.97. The molecule has 3 heteroatoms. The second kappa shape index (κ2) is 6.61. The lowest BCUT2D eigenvalue weighted by molar-refractivity contribution is -0.383. The molecule has 3 nitrogen and oxygen atoms in total. The van der Waals surface area contributed by atoms with Crippen molar-refractivity contribution in [2.75, 3.05) is 0 Å². The summed E-state index contributed by atoms with van der Waals surface area (Å²) < 4.78 is 0. The van der Waals surface area contributed by atoms with Crippen molar-refractivity contribution in [1.82, 2.24) is 0 Å². The summed E-state index contributed by atoms with van der Waals surface area (Å²) in [7, 11) is 0. The molecule has 0 aliphatic heterocycles. The Balaban J connectivity index is 1.61. The molecular weight excluding hydrogens is 442 g/mol. The summed E-state index contributed by atoms with van der Waals surface area (Å²) in [6, 6.07) is 25.5. The van der Waals surface area contributed by atoms with Gasteiger partial charge in [0.05, 0.1) is 10.3 Å². The first-order valence-corrected chi connectivity index (χ1v) is 12.6. The second-order valence-corrected chi connectivity index (χ2v) is 11.5. The summed E-state index contributed by atoms with van der Waals surface area (Å²) in [6.45, 7) is 11.3. The Morgan fingerprint density at radius 1 is 0.611 bits per heavy atom. The van der Waals surface area contributed by atoms with Crippen LogP contribution in [0.4, 0.5) is 5.69 Å². The van der Waals surface area contributed by atoms with Gasteiger partial charge in [-0.15, -0.1) is 0 Å². The van der Waals surface area contributed by atoms with Gasteiger partial charge in [0.2, 0.25) is 0 Å². The van der Waals surface area contributed by atoms with Crippen molar-refractivity contribution in [3.05, 3.63) is 111 Å². The predicted octanol–water partition coefficient (Wildman–Crippen LogP) is 8.82. The molecule has 0 N–H and O–H groups in total. The van der Waals surface area contributed by atoms with Gasteiger partial charge in [-0.3, -0.25) is 10.1 Å². The van der Waals surface area contributed by atoms with Gasteiger partial charge < -0.3 is 0 Å². The van der Waals surface area contributed by atoms with Crippen LogP contribution in [0.2, 0.25) is 0 Å². The Labute approximate surface area is 210 Å². The quantitative estimate of drug-likeness (QED) is 0.182. The molecule has 0 radical (unpaired) electrons. The van der Waals surface area contributed by atoms with E-state index in [1.807, 2.05) is 30.3 Å². The Bertz CT molecular complexity index is 1820. The van der Waals surface area contributed by atoms with Crippen LogP contribution in [0.1, 0.15) is 55.5 Å². The van der Waals surface area contributed by atoms with E-state index < -0.39 is 0 Å². The molecule has 0 fully saturated rings. The van der Waals surface area contributed by atoms with Crippen molar-refractivity contribution in [3.8, 4) is 22.3 Å². The van der Waals surface area contributed by atoms with Gasteiger partial charge in [0.25, 0.3) is 5.69 Å². The molecule has 5 aromatic carbocycles. The number of rotatable bonds is 1. The number of nitrogens with zero attached hydrogens (tertiary/aromatic N) is 1. The standard InChI is InChI=1S/C33H27NO2/c1-18-14-27-30(21-12-8-6-10-19(18)21)23-15-26-24(16-25(23)32(27,2)3)31-22-13-9-7-11-20(22)29(34(35)36)17-28(31)33(26,4)5/h6-17H,1-5H3. The number of nitro groups is 1. The first kappa shape index (κ1) is 21.3. The maximum Gasteiger partial charge on any atom is 0.277 e. The number of hydrogen-bond acceptors (Lipinski definition) is 2. The van der Waals surface area contributed by atoms with Crippen LogP contribution in [0.5, 0.6) is 0 Å². The van der Waals surface area contributed by atoms with Crippen molar-refractivity contribution in [3.63, 3.8) is 0 Å². The molecule has 36 heavy (non-hydrogen) atoms. The number of hydrogen-bond donors (Lipinski definition) is 0. The first-order chi connectivity index (χ1) is 17.1. The van der Waals surface area contributed by atoms with Crippen LogP contribution in [-0.2, 0) is 10.8 Å². The second-order valence-electron chi connectivity index (χ2n) is 11.5. The number of nitro benzene ring substituents is 1. The van der Waals surface area contributed by atoms with Crippen LogP contribution in [0.15, 0.2) is 72.8 Å². The summed E-state index contributed by atoms with van der Waals surface area (Å²) in [6.07, 6.45) is 0. The minimum absolute atomic E-state index is 0.141. The molecule has 0 saturated heterocycles. The fourth-order valence-electron chi connectivity index (χ4n) is 6.97. The van der Waals surface area contributed by atoms with Gasteiger partial charge in [-0.25, -0.2) is 0 Å². The number of aryl methyl sites for hydroxylation is 1. The van der Waals surface area contributed by atoms with Crippen LogP contribution in [0.3, 0.4) is 0 Å². The van der Waals surface area contributed by atoms with Crippen LogP contribution >= 0.6 is 0 Å².